The zero-order valence-electron chi connectivity index (χ0n) is 34.2. The van der Waals surface area contributed by atoms with E-state index >= 15 is 0 Å². The maximum Gasteiger partial charge on any atom is 0.404 e. The predicted octanol–water partition coefficient (Wildman–Crippen LogP) is -10.1. The molecule has 28 heteroatoms. The van der Waals surface area contributed by atoms with Gasteiger partial charge in [0.05, 0.1) is 58.8 Å². The zero-order chi connectivity index (χ0) is 46.8. The molecule has 63 heavy (non-hydrogen) atoms. The third kappa shape index (κ3) is 16.4. The summed E-state index contributed by atoms with van der Waals surface area (Å²) in [5.74, 6) is -2.24. The molecule has 17 N–H and O–H groups in total. The molecular weight excluding hydrogens is 858 g/mol. The SMILES string of the molecule is O=C(O)NCCCCC(C(=O)NCCO[C@H]1O[C@H](CO)[C@@H](O)[C@H](O)[C@@H]1O)N(CC(=O)NCCO[C@H]1O[C@H](CO)[C@@H](O)[C@H](O)[C@@H]1O)CC(=O)NCCO[C@H]1O[C@H](CO)[C@@H](O)[C@H](O)[C@@H]1O. The molecule has 366 valence electrons. The summed E-state index contributed by atoms with van der Waals surface area (Å²) in [6.07, 6.45) is -24.3. The number of unbranched alkanes of at least 4 members (excludes halogenated alkanes) is 1. The Morgan fingerprint density at radius 2 is 0.857 bits per heavy atom. The summed E-state index contributed by atoms with van der Waals surface area (Å²) in [7, 11) is 0. The van der Waals surface area contributed by atoms with Gasteiger partial charge in [0.15, 0.2) is 18.9 Å². The van der Waals surface area contributed by atoms with Crippen molar-refractivity contribution in [3.8, 4) is 0 Å². The van der Waals surface area contributed by atoms with Crippen LogP contribution in [0.3, 0.4) is 0 Å². The number of hydrogen-bond donors (Lipinski definition) is 17. The lowest BCUT2D eigenvalue weighted by atomic mass is 9.99. The second kappa shape index (κ2) is 27.4. The molecule has 0 radical (unpaired) electrons. The van der Waals surface area contributed by atoms with Crippen molar-refractivity contribution in [2.45, 2.75) is 117 Å². The Kier molecular flexibility index (Phi) is 23.6. The van der Waals surface area contributed by atoms with Crippen molar-refractivity contribution in [2.75, 3.05) is 78.9 Å². The Hall–Kier alpha value is -3.08. The number of carbonyl (C=O) groups is 4. The number of aliphatic hydroxyl groups is 12. The fourth-order valence-electron chi connectivity index (χ4n) is 6.71. The largest absolute Gasteiger partial charge is 0.465 e. The summed E-state index contributed by atoms with van der Waals surface area (Å²) >= 11 is 0. The maximum absolute atomic E-state index is 13.8. The number of carboxylic acid groups (broad SMARTS) is 1. The molecule has 0 aliphatic carbocycles. The van der Waals surface area contributed by atoms with E-state index in [4.69, 9.17) is 33.5 Å². The minimum atomic E-state index is -1.72. The summed E-state index contributed by atoms with van der Waals surface area (Å²) in [5, 5.41) is 138. The monoisotopic (exact) mass is 921 g/mol. The summed E-state index contributed by atoms with van der Waals surface area (Å²) < 4.78 is 32.1. The van der Waals surface area contributed by atoms with Crippen LogP contribution in [0.4, 0.5) is 4.79 Å². The lowest BCUT2D eigenvalue weighted by molar-refractivity contribution is -0.300. The Balaban J connectivity index is 1.69. The third-order valence-corrected chi connectivity index (χ3v) is 10.3. The van der Waals surface area contributed by atoms with Crippen LogP contribution in [0.25, 0.3) is 0 Å². The average molecular weight is 922 g/mol. The third-order valence-electron chi connectivity index (χ3n) is 10.3. The van der Waals surface area contributed by atoms with Crippen LogP contribution in [-0.2, 0) is 42.8 Å². The van der Waals surface area contributed by atoms with E-state index in [1.165, 1.54) is 4.90 Å². The van der Waals surface area contributed by atoms with Gasteiger partial charge in [-0.15, -0.1) is 0 Å². The van der Waals surface area contributed by atoms with Gasteiger partial charge in [-0.05, 0) is 19.3 Å². The standard InChI is InChI=1S/C35H63N5O23/c41-13-17-22(46)25(49)28(52)32(61-17)58-8-5-36-20(44)11-40(12-21(45)37-6-9-59-33-29(53)26(50)23(47)18(14-42)62-33)16(3-1-2-4-39-35(56)57)31(55)38-7-10-60-34-30(54)27(51)24(48)19(15-43)63-34/h16-19,22-30,32-34,39,41-43,46-54H,1-15H2,(H,36,44)(H,37,45)(H,38,55)(H,56,57)/t16?,17-,18-,19-,22-,23-,24-,25+,26+,27+,28+,29+,30+,32+,33+,34+/m1/s1. The molecule has 0 saturated carbocycles. The number of ether oxygens (including phenoxy) is 6. The average Bonchev–Trinajstić information content (AvgIpc) is 3.25. The summed E-state index contributed by atoms with van der Waals surface area (Å²) in [6.45, 7) is -5.06. The Bertz CT molecular complexity index is 1330. The number of carbonyl (C=O) groups excluding carboxylic acids is 3. The normalized spacial score (nSPS) is 34.0. The highest BCUT2D eigenvalue weighted by molar-refractivity contribution is 5.86. The van der Waals surface area contributed by atoms with Gasteiger partial charge in [0.25, 0.3) is 0 Å². The Morgan fingerprint density at radius 3 is 1.21 bits per heavy atom. The van der Waals surface area contributed by atoms with E-state index in [0.717, 1.165) is 0 Å². The van der Waals surface area contributed by atoms with E-state index in [9.17, 15) is 80.5 Å². The fraction of sp³-hybridized carbons (Fsp3) is 0.886. The highest BCUT2D eigenvalue weighted by atomic mass is 16.7. The zero-order valence-corrected chi connectivity index (χ0v) is 34.2. The van der Waals surface area contributed by atoms with Crippen molar-refractivity contribution < 1.29 is 114 Å². The molecule has 3 aliphatic heterocycles. The number of rotatable bonds is 26. The lowest BCUT2D eigenvalue weighted by Gasteiger charge is -2.39. The molecule has 0 aromatic rings. The number of nitrogens with one attached hydrogen (secondary N) is 4. The quantitative estimate of drug-likeness (QED) is 0.0358. The second-order valence-corrected chi connectivity index (χ2v) is 14.8. The van der Waals surface area contributed by atoms with Gasteiger partial charge in [-0.2, -0.15) is 0 Å². The smallest absolute Gasteiger partial charge is 0.404 e. The molecule has 0 spiro atoms. The van der Waals surface area contributed by atoms with Gasteiger partial charge >= 0.3 is 6.09 Å². The molecule has 16 atom stereocenters. The van der Waals surface area contributed by atoms with E-state index in [1.807, 2.05) is 0 Å². The van der Waals surface area contributed by atoms with Crippen LogP contribution in [0.1, 0.15) is 19.3 Å². The molecule has 0 aromatic heterocycles. The number of nitrogens with zero attached hydrogens (tertiary/aromatic N) is 1. The molecular formula is C35H63N5O23. The molecule has 0 bridgehead atoms. The minimum absolute atomic E-state index is 0.000469. The van der Waals surface area contributed by atoms with Crippen molar-refractivity contribution in [1.82, 2.24) is 26.2 Å². The van der Waals surface area contributed by atoms with Crippen LogP contribution in [0.15, 0.2) is 0 Å². The van der Waals surface area contributed by atoms with Crippen molar-refractivity contribution in [1.29, 1.82) is 0 Å². The van der Waals surface area contributed by atoms with Gasteiger partial charge in [0.2, 0.25) is 17.7 Å². The first-order valence-corrected chi connectivity index (χ1v) is 20.2. The van der Waals surface area contributed by atoms with Gasteiger partial charge < -0.3 is 116 Å². The number of aliphatic hydroxyl groups excluding tert-OH is 12. The topological polar surface area (TPSA) is 438 Å². The first-order chi connectivity index (χ1) is 29.9. The molecule has 3 aliphatic rings. The van der Waals surface area contributed by atoms with E-state index < -0.39 is 155 Å². The molecule has 3 saturated heterocycles. The lowest BCUT2D eigenvalue weighted by Crippen LogP contribution is -2.59. The fourth-order valence-corrected chi connectivity index (χ4v) is 6.71. The Labute approximate surface area is 360 Å². The van der Waals surface area contributed by atoms with Crippen LogP contribution in [0, 0.1) is 0 Å². The van der Waals surface area contributed by atoms with Crippen molar-refractivity contribution in [2.24, 2.45) is 0 Å². The molecule has 3 fully saturated rings. The van der Waals surface area contributed by atoms with Crippen LogP contribution in [0.2, 0.25) is 0 Å². The first-order valence-electron chi connectivity index (χ1n) is 20.2. The predicted molar refractivity (Wildman–Crippen MR) is 203 cm³/mol. The second-order valence-electron chi connectivity index (χ2n) is 14.8. The van der Waals surface area contributed by atoms with Crippen LogP contribution >= 0.6 is 0 Å². The molecule has 0 aromatic carbocycles. The van der Waals surface area contributed by atoms with E-state index in [0.29, 0.717) is 0 Å². The highest BCUT2D eigenvalue weighted by Gasteiger charge is 2.46. The summed E-state index contributed by atoms with van der Waals surface area (Å²) in [4.78, 5) is 52.5. The van der Waals surface area contributed by atoms with Crippen molar-refractivity contribution in [3.05, 3.63) is 0 Å². The molecule has 1 unspecified atom stereocenters. The summed E-state index contributed by atoms with van der Waals surface area (Å²) in [6, 6.07) is -1.26. The van der Waals surface area contributed by atoms with Crippen LogP contribution in [0.5, 0.6) is 0 Å². The van der Waals surface area contributed by atoms with E-state index in [-0.39, 0.29) is 65.3 Å². The summed E-state index contributed by atoms with van der Waals surface area (Å²) in [5.41, 5.74) is 0. The van der Waals surface area contributed by atoms with Gasteiger partial charge in [0, 0.05) is 26.2 Å². The molecule has 28 nitrogen and oxygen atoms in total. The minimum Gasteiger partial charge on any atom is -0.465 e. The molecule has 3 rings (SSSR count). The van der Waals surface area contributed by atoms with Gasteiger partial charge in [-0.1, -0.05) is 0 Å². The Morgan fingerprint density at radius 1 is 0.492 bits per heavy atom. The van der Waals surface area contributed by atoms with Gasteiger partial charge in [-0.3, -0.25) is 19.3 Å². The molecule has 4 amide bonds. The maximum atomic E-state index is 13.8. The number of hydrogen-bond acceptors (Lipinski definition) is 23. The number of amides is 4. The van der Waals surface area contributed by atoms with Crippen molar-refractivity contribution in [3.63, 3.8) is 0 Å². The van der Waals surface area contributed by atoms with E-state index in [1.54, 1.807) is 0 Å². The van der Waals surface area contributed by atoms with Crippen molar-refractivity contribution >= 4 is 23.8 Å². The van der Waals surface area contributed by atoms with Crippen LogP contribution < -0.4 is 21.3 Å². The van der Waals surface area contributed by atoms with E-state index in [2.05, 4.69) is 21.3 Å². The van der Waals surface area contributed by atoms with Crippen LogP contribution in [-0.4, -0.2) is 272 Å². The van der Waals surface area contributed by atoms with Gasteiger partial charge in [0.1, 0.15) is 73.2 Å². The molecule has 3 heterocycles. The highest BCUT2D eigenvalue weighted by Crippen LogP contribution is 2.24. The first kappa shape index (κ1) is 54.3. The van der Waals surface area contributed by atoms with Gasteiger partial charge in [-0.25, -0.2) is 4.79 Å².